The standard InChI is InChI=1S/C12H17N5O2S2/c1-8-7-20-11(16-8)6-15-21(18,19)12-9(5-14-17-12)4-13-10-2-3-10/h5,7,10,13,15H,2-4,6H2,1H3,(H,14,17). The number of nitrogens with zero attached hydrogens (tertiary/aromatic N) is 2. The van der Waals surface area contributed by atoms with E-state index in [-0.39, 0.29) is 11.6 Å². The SMILES string of the molecule is Cc1csc(CNS(=O)(=O)c2[nH]ncc2CNC2CC2)n1. The van der Waals surface area contributed by atoms with Gasteiger partial charge >= 0.3 is 0 Å². The highest BCUT2D eigenvalue weighted by atomic mass is 32.2. The van der Waals surface area contributed by atoms with Gasteiger partial charge in [-0.25, -0.2) is 18.1 Å². The third-order valence-corrected chi connectivity index (χ3v) is 5.57. The van der Waals surface area contributed by atoms with Crippen LogP contribution in [0.15, 0.2) is 16.6 Å². The van der Waals surface area contributed by atoms with Gasteiger partial charge in [-0.3, -0.25) is 5.10 Å². The second-order valence-corrected chi connectivity index (χ2v) is 7.73. The van der Waals surface area contributed by atoms with E-state index in [4.69, 9.17) is 0 Å². The van der Waals surface area contributed by atoms with Gasteiger partial charge in [0.05, 0.1) is 12.7 Å². The van der Waals surface area contributed by atoms with E-state index < -0.39 is 10.0 Å². The lowest BCUT2D eigenvalue weighted by Gasteiger charge is -2.06. The number of aromatic amines is 1. The van der Waals surface area contributed by atoms with Gasteiger partial charge in [0.1, 0.15) is 5.01 Å². The lowest BCUT2D eigenvalue weighted by atomic mass is 10.3. The molecule has 0 unspecified atom stereocenters. The van der Waals surface area contributed by atoms with Crippen LogP contribution in [0.5, 0.6) is 0 Å². The highest BCUT2D eigenvalue weighted by Crippen LogP contribution is 2.20. The Bertz CT molecular complexity index is 718. The van der Waals surface area contributed by atoms with Gasteiger partial charge in [0.25, 0.3) is 10.0 Å². The Labute approximate surface area is 127 Å². The van der Waals surface area contributed by atoms with Crippen LogP contribution in [0.1, 0.15) is 29.1 Å². The van der Waals surface area contributed by atoms with Crippen molar-refractivity contribution in [3.63, 3.8) is 0 Å². The van der Waals surface area contributed by atoms with E-state index in [9.17, 15) is 8.42 Å². The third kappa shape index (κ3) is 3.67. The van der Waals surface area contributed by atoms with Gasteiger partial charge in [-0.1, -0.05) is 0 Å². The third-order valence-electron chi connectivity index (χ3n) is 3.19. The molecule has 2 aromatic rings. The number of aryl methyl sites for hydroxylation is 1. The minimum Gasteiger partial charge on any atom is -0.310 e. The van der Waals surface area contributed by atoms with Crippen molar-refractivity contribution in [1.82, 2.24) is 25.2 Å². The molecule has 2 heterocycles. The molecule has 0 amide bonds. The molecular formula is C12H17N5O2S2. The molecule has 1 saturated carbocycles. The predicted octanol–water partition coefficient (Wildman–Crippen LogP) is 0.905. The number of hydrogen-bond donors (Lipinski definition) is 3. The fraction of sp³-hybridized carbons (Fsp3) is 0.500. The summed E-state index contributed by atoms with van der Waals surface area (Å²) in [6, 6.07) is 0.515. The Morgan fingerprint density at radius 1 is 1.43 bits per heavy atom. The molecule has 9 heteroatoms. The van der Waals surface area contributed by atoms with Gasteiger partial charge in [-0.2, -0.15) is 5.10 Å². The van der Waals surface area contributed by atoms with Crippen molar-refractivity contribution >= 4 is 21.4 Å². The minimum absolute atomic E-state index is 0.129. The summed E-state index contributed by atoms with van der Waals surface area (Å²) in [5, 5.41) is 12.5. The number of sulfonamides is 1. The molecule has 0 spiro atoms. The largest absolute Gasteiger partial charge is 0.310 e. The lowest BCUT2D eigenvalue weighted by molar-refractivity contribution is 0.573. The zero-order valence-corrected chi connectivity index (χ0v) is 13.2. The minimum atomic E-state index is -3.61. The zero-order valence-electron chi connectivity index (χ0n) is 11.6. The molecule has 0 aromatic carbocycles. The molecule has 0 saturated heterocycles. The average Bonchev–Trinajstić information content (AvgIpc) is 2.97. The highest BCUT2D eigenvalue weighted by molar-refractivity contribution is 7.89. The van der Waals surface area contributed by atoms with Crippen molar-refractivity contribution in [3.05, 3.63) is 27.8 Å². The van der Waals surface area contributed by atoms with Gasteiger partial charge in [-0.05, 0) is 19.8 Å². The van der Waals surface area contributed by atoms with Gasteiger partial charge in [0, 0.05) is 29.2 Å². The summed E-state index contributed by atoms with van der Waals surface area (Å²) in [4.78, 5) is 4.24. The highest BCUT2D eigenvalue weighted by Gasteiger charge is 2.24. The maximum atomic E-state index is 12.3. The predicted molar refractivity (Wildman–Crippen MR) is 79.3 cm³/mol. The van der Waals surface area contributed by atoms with E-state index in [1.165, 1.54) is 11.3 Å². The normalized spacial score (nSPS) is 15.5. The van der Waals surface area contributed by atoms with E-state index in [0.29, 0.717) is 18.2 Å². The molecule has 2 aromatic heterocycles. The number of H-pyrrole nitrogens is 1. The molecule has 21 heavy (non-hydrogen) atoms. The molecule has 0 aliphatic heterocycles. The Morgan fingerprint density at radius 3 is 2.90 bits per heavy atom. The number of hydrogen-bond acceptors (Lipinski definition) is 6. The Morgan fingerprint density at radius 2 is 2.24 bits per heavy atom. The van der Waals surface area contributed by atoms with Crippen LogP contribution in [0.4, 0.5) is 0 Å². The quantitative estimate of drug-likeness (QED) is 0.702. The van der Waals surface area contributed by atoms with Crippen molar-refractivity contribution in [2.45, 2.75) is 43.9 Å². The molecular weight excluding hydrogens is 310 g/mol. The maximum Gasteiger partial charge on any atom is 0.258 e. The topological polar surface area (TPSA) is 99.8 Å². The van der Waals surface area contributed by atoms with Crippen LogP contribution in [-0.4, -0.2) is 29.6 Å². The fourth-order valence-electron chi connectivity index (χ4n) is 1.91. The van der Waals surface area contributed by atoms with Crippen LogP contribution in [0.2, 0.25) is 0 Å². The van der Waals surface area contributed by atoms with E-state index in [2.05, 4.69) is 25.2 Å². The Hall–Kier alpha value is -1.29. The first-order chi connectivity index (χ1) is 10.0. The molecule has 1 fully saturated rings. The first kappa shape index (κ1) is 14.6. The van der Waals surface area contributed by atoms with Crippen molar-refractivity contribution in [3.8, 4) is 0 Å². The van der Waals surface area contributed by atoms with Crippen molar-refractivity contribution in [2.24, 2.45) is 0 Å². The molecule has 7 nitrogen and oxygen atoms in total. The van der Waals surface area contributed by atoms with Crippen LogP contribution in [0.25, 0.3) is 0 Å². The molecule has 1 aliphatic carbocycles. The van der Waals surface area contributed by atoms with Crippen LogP contribution >= 0.6 is 11.3 Å². The second-order valence-electron chi connectivity index (χ2n) is 5.09. The monoisotopic (exact) mass is 327 g/mol. The number of nitrogens with one attached hydrogen (secondary N) is 3. The Kier molecular flexibility index (Phi) is 4.07. The van der Waals surface area contributed by atoms with Crippen molar-refractivity contribution in [2.75, 3.05) is 0 Å². The summed E-state index contributed by atoms with van der Waals surface area (Å²) in [6.07, 6.45) is 3.86. The molecule has 0 radical (unpaired) electrons. The summed E-state index contributed by atoms with van der Waals surface area (Å²) in [5.41, 5.74) is 1.55. The van der Waals surface area contributed by atoms with Gasteiger partial charge in [-0.15, -0.1) is 11.3 Å². The first-order valence-electron chi connectivity index (χ1n) is 6.71. The summed E-state index contributed by atoms with van der Waals surface area (Å²) in [6.45, 7) is 2.58. The first-order valence-corrected chi connectivity index (χ1v) is 9.07. The van der Waals surface area contributed by atoms with Gasteiger partial charge < -0.3 is 5.32 Å². The van der Waals surface area contributed by atoms with Crippen LogP contribution < -0.4 is 10.0 Å². The molecule has 0 atom stereocenters. The van der Waals surface area contributed by atoms with E-state index >= 15 is 0 Å². The second kappa shape index (κ2) is 5.84. The molecule has 1 aliphatic rings. The summed E-state index contributed by atoms with van der Waals surface area (Å²) in [7, 11) is -3.61. The fourth-order valence-corrected chi connectivity index (χ4v) is 3.83. The van der Waals surface area contributed by atoms with Gasteiger partial charge in [0.15, 0.2) is 5.03 Å². The molecule has 3 N–H and O–H groups in total. The number of thiazole rings is 1. The maximum absolute atomic E-state index is 12.3. The van der Waals surface area contributed by atoms with E-state index in [0.717, 1.165) is 23.5 Å². The lowest BCUT2D eigenvalue weighted by Crippen LogP contribution is -2.26. The van der Waals surface area contributed by atoms with Crippen LogP contribution in [0.3, 0.4) is 0 Å². The van der Waals surface area contributed by atoms with E-state index in [1.54, 1.807) is 6.20 Å². The van der Waals surface area contributed by atoms with Gasteiger partial charge in [0.2, 0.25) is 0 Å². The van der Waals surface area contributed by atoms with Crippen molar-refractivity contribution < 1.29 is 8.42 Å². The average molecular weight is 327 g/mol. The van der Waals surface area contributed by atoms with E-state index in [1.807, 2.05) is 12.3 Å². The summed E-state index contributed by atoms with van der Waals surface area (Å²) in [5.74, 6) is 0. The smallest absolute Gasteiger partial charge is 0.258 e. The number of aromatic nitrogens is 3. The van der Waals surface area contributed by atoms with Crippen LogP contribution in [-0.2, 0) is 23.1 Å². The molecule has 114 valence electrons. The van der Waals surface area contributed by atoms with Crippen molar-refractivity contribution in [1.29, 1.82) is 0 Å². The van der Waals surface area contributed by atoms with Crippen LogP contribution in [0, 0.1) is 6.92 Å². The Balaban J connectivity index is 1.67. The number of rotatable bonds is 7. The molecule has 0 bridgehead atoms. The molecule has 3 rings (SSSR count). The zero-order chi connectivity index (χ0) is 14.9. The summed E-state index contributed by atoms with van der Waals surface area (Å²) < 4.78 is 27.2. The summed E-state index contributed by atoms with van der Waals surface area (Å²) >= 11 is 1.44.